The molecule has 0 unspecified atom stereocenters. The van der Waals surface area contributed by atoms with Crippen molar-refractivity contribution in [2.75, 3.05) is 46.2 Å². The molecule has 2 aromatic rings. The summed E-state index contributed by atoms with van der Waals surface area (Å²) in [6, 6.07) is 5.22. The second-order valence-corrected chi connectivity index (χ2v) is 6.91. The first-order valence-corrected chi connectivity index (χ1v) is 8.81. The molecule has 0 aliphatic carbocycles. The van der Waals surface area contributed by atoms with Gasteiger partial charge in [0.25, 0.3) is 5.91 Å². The summed E-state index contributed by atoms with van der Waals surface area (Å²) in [5, 5.41) is 6.17. The first-order valence-electron chi connectivity index (χ1n) is 8.81. The zero-order valence-corrected chi connectivity index (χ0v) is 15.5. The number of likely N-dealkylation sites (N-methyl/N-ethyl adjacent to an activating group) is 1. The molecular weight excluding hydrogens is 336 g/mol. The summed E-state index contributed by atoms with van der Waals surface area (Å²) in [6.07, 6.45) is 1.24. The minimum Gasteiger partial charge on any atom is -0.408 e. The van der Waals surface area contributed by atoms with Crippen molar-refractivity contribution in [1.29, 1.82) is 0 Å². The van der Waals surface area contributed by atoms with Crippen molar-refractivity contribution in [2.24, 2.45) is 0 Å². The summed E-state index contributed by atoms with van der Waals surface area (Å²) in [6.45, 7) is 2.72. The Bertz CT molecular complexity index is 833. The highest BCUT2D eigenvalue weighted by molar-refractivity contribution is 5.98. The number of hydrogen-bond donors (Lipinski definition) is 2. The molecule has 1 amide bonds. The van der Waals surface area contributed by atoms with Crippen LogP contribution in [0.25, 0.3) is 11.1 Å². The number of aromatic nitrogens is 1. The van der Waals surface area contributed by atoms with Gasteiger partial charge in [-0.05, 0) is 58.2 Å². The molecule has 1 aliphatic rings. The van der Waals surface area contributed by atoms with E-state index in [9.17, 15) is 9.59 Å². The number of carbonyl (C=O) groups is 1. The molecule has 0 spiro atoms. The van der Waals surface area contributed by atoms with E-state index >= 15 is 0 Å². The monoisotopic (exact) mass is 362 g/mol. The van der Waals surface area contributed by atoms with Crippen LogP contribution in [0, 0.1) is 0 Å². The van der Waals surface area contributed by atoms with Crippen molar-refractivity contribution < 1.29 is 13.9 Å². The summed E-state index contributed by atoms with van der Waals surface area (Å²) in [7, 11) is 5.47. The highest BCUT2D eigenvalue weighted by Gasteiger charge is 2.39. The van der Waals surface area contributed by atoms with E-state index in [1.807, 2.05) is 19.0 Å². The molecule has 8 heteroatoms. The number of hydrogen-bond acceptors (Lipinski definition) is 6. The van der Waals surface area contributed by atoms with Gasteiger partial charge in [0.15, 0.2) is 5.58 Å². The van der Waals surface area contributed by atoms with E-state index in [2.05, 4.69) is 10.6 Å². The Hall–Kier alpha value is -2.16. The molecule has 142 valence electrons. The fourth-order valence-electron chi connectivity index (χ4n) is 3.25. The van der Waals surface area contributed by atoms with Gasteiger partial charge in [-0.1, -0.05) is 0 Å². The first-order chi connectivity index (χ1) is 12.4. The SMILES string of the molecule is COC1(C(=O)Nc2ccc3oc(=O)n(CCN(C)C)c3c2)CCNCC1. The Morgan fingerprint density at radius 2 is 2.12 bits per heavy atom. The third-order valence-corrected chi connectivity index (χ3v) is 4.91. The highest BCUT2D eigenvalue weighted by atomic mass is 16.5. The quantitative estimate of drug-likeness (QED) is 0.793. The van der Waals surface area contributed by atoms with E-state index in [1.54, 1.807) is 29.9 Å². The number of benzene rings is 1. The van der Waals surface area contributed by atoms with Crippen LogP contribution in [0.15, 0.2) is 27.4 Å². The molecule has 1 aromatic carbocycles. The fourth-order valence-corrected chi connectivity index (χ4v) is 3.25. The predicted molar refractivity (Wildman–Crippen MR) is 99.5 cm³/mol. The molecule has 0 saturated carbocycles. The van der Waals surface area contributed by atoms with E-state index in [0.29, 0.717) is 42.7 Å². The summed E-state index contributed by atoms with van der Waals surface area (Å²) < 4.78 is 12.4. The largest absolute Gasteiger partial charge is 0.419 e. The van der Waals surface area contributed by atoms with Crippen molar-refractivity contribution in [3.05, 3.63) is 28.7 Å². The number of carbonyl (C=O) groups excluding carboxylic acids is 1. The maximum Gasteiger partial charge on any atom is 0.419 e. The van der Waals surface area contributed by atoms with Crippen molar-refractivity contribution >= 4 is 22.7 Å². The third-order valence-electron chi connectivity index (χ3n) is 4.91. The van der Waals surface area contributed by atoms with E-state index in [4.69, 9.17) is 9.15 Å². The summed E-state index contributed by atoms with van der Waals surface area (Å²) >= 11 is 0. The van der Waals surface area contributed by atoms with Gasteiger partial charge in [-0.3, -0.25) is 9.36 Å². The maximum atomic E-state index is 12.8. The van der Waals surface area contributed by atoms with E-state index in [0.717, 1.165) is 13.1 Å². The van der Waals surface area contributed by atoms with Crippen LogP contribution in [-0.2, 0) is 16.1 Å². The van der Waals surface area contributed by atoms with Crippen molar-refractivity contribution in [2.45, 2.75) is 25.0 Å². The average Bonchev–Trinajstić information content (AvgIpc) is 2.95. The van der Waals surface area contributed by atoms with Crippen molar-refractivity contribution in [3.8, 4) is 0 Å². The Morgan fingerprint density at radius 3 is 2.77 bits per heavy atom. The van der Waals surface area contributed by atoms with Gasteiger partial charge in [-0.2, -0.15) is 0 Å². The number of oxazole rings is 1. The molecule has 1 saturated heterocycles. The first kappa shape index (κ1) is 18.6. The molecule has 3 rings (SSSR count). The lowest BCUT2D eigenvalue weighted by Crippen LogP contribution is -2.51. The van der Waals surface area contributed by atoms with Crippen LogP contribution in [0.1, 0.15) is 12.8 Å². The van der Waals surface area contributed by atoms with Crippen LogP contribution in [0.3, 0.4) is 0 Å². The van der Waals surface area contributed by atoms with Crippen molar-refractivity contribution in [3.63, 3.8) is 0 Å². The number of ether oxygens (including phenoxy) is 1. The molecule has 0 atom stereocenters. The highest BCUT2D eigenvalue weighted by Crippen LogP contribution is 2.26. The van der Waals surface area contributed by atoms with Crippen LogP contribution >= 0.6 is 0 Å². The molecule has 0 radical (unpaired) electrons. The Labute approximate surface area is 152 Å². The van der Waals surface area contributed by atoms with Crippen LogP contribution in [0.4, 0.5) is 5.69 Å². The average molecular weight is 362 g/mol. The van der Waals surface area contributed by atoms with Gasteiger partial charge >= 0.3 is 5.76 Å². The lowest BCUT2D eigenvalue weighted by atomic mass is 9.91. The number of methoxy groups -OCH3 is 1. The number of anilines is 1. The molecular formula is C18H26N4O4. The predicted octanol–water partition coefficient (Wildman–Crippen LogP) is 0.863. The number of rotatable bonds is 6. The number of piperidine rings is 1. The van der Waals surface area contributed by atoms with Crippen molar-refractivity contribution in [1.82, 2.24) is 14.8 Å². The standard InChI is InChI=1S/C18H26N4O4/c1-21(2)10-11-22-14-12-13(4-5-15(14)26-17(22)24)20-16(23)18(25-3)6-8-19-9-7-18/h4-5,12,19H,6-11H2,1-3H3,(H,20,23). The van der Waals surface area contributed by atoms with Gasteiger partial charge in [0.05, 0.1) is 5.52 Å². The minimum atomic E-state index is -0.818. The summed E-state index contributed by atoms with van der Waals surface area (Å²) in [5.74, 6) is -0.552. The topological polar surface area (TPSA) is 88.7 Å². The molecule has 26 heavy (non-hydrogen) atoms. The Kier molecular flexibility index (Phi) is 5.45. The van der Waals surface area contributed by atoms with E-state index in [-0.39, 0.29) is 5.91 Å². The smallest absolute Gasteiger partial charge is 0.408 e. The van der Waals surface area contributed by atoms with Crippen LogP contribution in [0.2, 0.25) is 0 Å². The van der Waals surface area contributed by atoms with Gasteiger partial charge in [-0.25, -0.2) is 4.79 Å². The molecule has 8 nitrogen and oxygen atoms in total. The number of nitrogens with one attached hydrogen (secondary N) is 2. The van der Waals surface area contributed by atoms with Gasteiger partial charge in [0.1, 0.15) is 5.60 Å². The normalized spacial score (nSPS) is 16.9. The number of fused-ring (bicyclic) bond motifs is 1. The maximum absolute atomic E-state index is 12.8. The van der Waals surface area contributed by atoms with Crippen LogP contribution < -0.4 is 16.4 Å². The van der Waals surface area contributed by atoms with Gasteiger partial charge in [0.2, 0.25) is 0 Å². The zero-order valence-electron chi connectivity index (χ0n) is 15.5. The van der Waals surface area contributed by atoms with Gasteiger partial charge in [0, 0.05) is 25.9 Å². The zero-order chi connectivity index (χ0) is 18.7. The second-order valence-electron chi connectivity index (χ2n) is 6.91. The third kappa shape index (κ3) is 3.67. The molecule has 1 fully saturated rings. The lowest BCUT2D eigenvalue weighted by Gasteiger charge is -2.34. The second kappa shape index (κ2) is 7.61. The minimum absolute atomic E-state index is 0.161. The van der Waals surface area contributed by atoms with E-state index < -0.39 is 11.4 Å². The molecule has 0 bridgehead atoms. The van der Waals surface area contributed by atoms with Crippen LogP contribution in [-0.4, -0.2) is 61.8 Å². The molecule has 2 N–H and O–H groups in total. The van der Waals surface area contributed by atoms with Gasteiger partial charge < -0.3 is 24.7 Å². The molecule has 1 aliphatic heterocycles. The molecule has 1 aromatic heterocycles. The lowest BCUT2D eigenvalue weighted by molar-refractivity contribution is -0.140. The number of amides is 1. The van der Waals surface area contributed by atoms with Crippen LogP contribution in [0.5, 0.6) is 0 Å². The number of nitrogens with zero attached hydrogens (tertiary/aromatic N) is 2. The fraction of sp³-hybridized carbons (Fsp3) is 0.556. The summed E-state index contributed by atoms with van der Waals surface area (Å²) in [4.78, 5) is 26.9. The Balaban J connectivity index is 1.85. The molecule has 2 heterocycles. The van der Waals surface area contributed by atoms with E-state index in [1.165, 1.54) is 0 Å². The Morgan fingerprint density at radius 1 is 1.38 bits per heavy atom. The summed E-state index contributed by atoms with van der Waals surface area (Å²) in [5.41, 5.74) is 0.986. The van der Waals surface area contributed by atoms with Gasteiger partial charge in [-0.15, -0.1) is 0 Å².